The van der Waals surface area contributed by atoms with Gasteiger partial charge in [0.2, 0.25) is 5.90 Å². The lowest BCUT2D eigenvalue weighted by Crippen LogP contribution is -2.10. The highest BCUT2D eigenvalue weighted by atomic mass is 79.9. The van der Waals surface area contributed by atoms with Crippen LogP contribution in [0.2, 0.25) is 0 Å². The highest BCUT2D eigenvalue weighted by Crippen LogP contribution is 2.38. The predicted octanol–water partition coefficient (Wildman–Crippen LogP) is 5.55. The molecule has 0 radical (unpaired) electrons. The summed E-state index contributed by atoms with van der Waals surface area (Å²) in [6.45, 7) is 2.13. The Morgan fingerprint density at radius 2 is 1.85 bits per heavy atom. The van der Waals surface area contributed by atoms with Crippen molar-refractivity contribution in [1.29, 1.82) is 0 Å². The molecule has 1 aliphatic heterocycles. The molecule has 8 heteroatoms. The lowest BCUT2D eigenvalue weighted by atomic mass is 10.1. The standard InChI is InChI=1S/C25H17BrFNO5/c1-2-31-21-14-15(12-19(26)22(21)32-24(29)17-6-4-3-5-7-17)13-20-25(30)33-23(28-20)16-8-10-18(27)11-9-16/h3-14H,2H2,1H3/b20-13-. The van der Waals surface area contributed by atoms with Crippen LogP contribution >= 0.6 is 15.9 Å². The van der Waals surface area contributed by atoms with Crippen molar-refractivity contribution in [1.82, 2.24) is 0 Å². The van der Waals surface area contributed by atoms with Gasteiger partial charge in [-0.25, -0.2) is 19.0 Å². The molecule has 0 amide bonds. The summed E-state index contributed by atoms with van der Waals surface area (Å²) in [5, 5.41) is 0. The van der Waals surface area contributed by atoms with Gasteiger partial charge >= 0.3 is 11.9 Å². The van der Waals surface area contributed by atoms with Crippen molar-refractivity contribution in [3.63, 3.8) is 0 Å². The van der Waals surface area contributed by atoms with E-state index in [0.717, 1.165) is 0 Å². The maximum Gasteiger partial charge on any atom is 0.363 e. The highest BCUT2D eigenvalue weighted by molar-refractivity contribution is 9.10. The van der Waals surface area contributed by atoms with E-state index in [4.69, 9.17) is 14.2 Å². The van der Waals surface area contributed by atoms with Gasteiger partial charge < -0.3 is 14.2 Å². The fourth-order valence-corrected chi connectivity index (χ4v) is 3.58. The van der Waals surface area contributed by atoms with Crippen LogP contribution in [0.1, 0.15) is 28.4 Å². The Bertz CT molecular complexity index is 1270. The van der Waals surface area contributed by atoms with E-state index in [1.54, 1.807) is 49.4 Å². The van der Waals surface area contributed by atoms with Crippen LogP contribution < -0.4 is 9.47 Å². The smallest absolute Gasteiger partial charge is 0.363 e. The average Bonchev–Trinajstić information content (AvgIpc) is 3.17. The molecule has 4 rings (SSSR count). The van der Waals surface area contributed by atoms with Crippen molar-refractivity contribution in [2.24, 2.45) is 4.99 Å². The van der Waals surface area contributed by atoms with Crippen LogP contribution in [0.5, 0.6) is 11.5 Å². The molecular formula is C25H17BrFNO5. The van der Waals surface area contributed by atoms with Crippen LogP contribution in [0.3, 0.4) is 0 Å². The first-order valence-corrected chi connectivity index (χ1v) is 10.8. The number of carbonyl (C=O) groups is 2. The molecule has 3 aromatic rings. The van der Waals surface area contributed by atoms with Crippen molar-refractivity contribution in [3.8, 4) is 11.5 Å². The monoisotopic (exact) mass is 509 g/mol. The number of hydrogen-bond donors (Lipinski definition) is 0. The van der Waals surface area contributed by atoms with Gasteiger partial charge in [0.05, 0.1) is 16.6 Å². The first-order valence-electron chi connectivity index (χ1n) is 9.96. The van der Waals surface area contributed by atoms with Crippen molar-refractivity contribution in [2.45, 2.75) is 6.92 Å². The number of rotatable bonds is 6. The molecule has 0 saturated heterocycles. The van der Waals surface area contributed by atoms with Crippen LogP contribution in [0, 0.1) is 5.82 Å². The Balaban J connectivity index is 1.64. The molecule has 0 fully saturated rings. The Kier molecular flexibility index (Phi) is 6.65. The second-order valence-corrected chi connectivity index (χ2v) is 7.72. The van der Waals surface area contributed by atoms with Crippen molar-refractivity contribution < 1.29 is 28.2 Å². The molecule has 166 valence electrons. The fourth-order valence-electron chi connectivity index (χ4n) is 3.04. The predicted molar refractivity (Wildman–Crippen MR) is 124 cm³/mol. The van der Waals surface area contributed by atoms with E-state index in [1.807, 2.05) is 0 Å². The van der Waals surface area contributed by atoms with Crippen LogP contribution in [-0.4, -0.2) is 24.4 Å². The van der Waals surface area contributed by atoms with Gasteiger partial charge in [0.1, 0.15) is 5.82 Å². The van der Waals surface area contributed by atoms with Gasteiger partial charge in [-0.05, 0) is 83.0 Å². The number of nitrogens with zero attached hydrogens (tertiary/aromatic N) is 1. The van der Waals surface area contributed by atoms with E-state index in [1.165, 1.54) is 30.3 Å². The molecule has 0 atom stereocenters. The fraction of sp³-hybridized carbons (Fsp3) is 0.0800. The first-order chi connectivity index (χ1) is 15.9. The Morgan fingerprint density at radius 3 is 2.55 bits per heavy atom. The van der Waals surface area contributed by atoms with Crippen LogP contribution in [0.4, 0.5) is 4.39 Å². The molecule has 0 saturated carbocycles. The summed E-state index contributed by atoms with van der Waals surface area (Å²) < 4.78 is 30.1. The number of aliphatic imine (C=N–C) groups is 1. The zero-order chi connectivity index (χ0) is 23.4. The maximum absolute atomic E-state index is 13.2. The summed E-state index contributed by atoms with van der Waals surface area (Å²) in [5.74, 6) is -0.946. The van der Waals surface area contributed by atoms with E-state index in [-0.39, 0.29) is 17.3 Å². The Hall–Kier alpha value is -3.78. The van der Waals surface area contributed by atoms with E-state index in [0.29, 0.717) is 33.5 Å². The van der Waals surface area contributed by atoms with E-state index >= 15 is 0 Å². The van der Waals surface area contributed by atoms with E-state index < -0.39 is 17.8 Å². The lowest BCUT2D eigenvalue weighted by molar-refractivity contribution is -0.129. The minimum atomic E-state index is -0.636. The number of hydrogen-bond acceptors (Lipinski definition) is 6. The van der Waals surface area contributed by atoms with Crippen molar-refractivity contribution in [3.05, 3.63) is 99.4 Å². The van der Waals surface area contributed by atoms with E-state index in [2.05, 4.69) is 20.9 Å². The molecule has 6 nitrogen and oxygen atoms in total. The highest BCUT2D eigenvalue weighted by Gasteiger charge is 2.25. The van der Waals surface area contributed by atoms with Crippen LogP contribution in [0.15, 0.2) is 81.9 Å². The Labute approximate surface area is 197 Å². The zero-order valence-electron chi connectivity index (χ0n) is 17.4. The number of cyclic esters (lactones) is 1. The summed E-state index contributed by atoms with van der Waals surface area (Å²) in [6.07, 6.45) is 1.52. The molecule has 0 bridgehead atoms. The molecule has 0 unspecified atom stereocenters. The first kappa shape index (κ1) is 22.4. The minimum Gasteiger partial charge on any atom is -0.490 e. The summed E-state index contributed by atoms with van der Waals surface area (Å²) in [5.41, 5.74) is 1.51. The summed E-state index contributed by atoms with van der Waals surface area (Å²) >= 11 is 3.41. The number of halogens is 2. The number of carbonyl (C=O) groups excluding carboxylic acids is 2. The minimum absolute atomic E-state index is 0.0673. The molecule has 3 aromatic carbocycles. The van der Waals surface area contributed by atoms with Gasteiger partial charge in [0.25, 0.3) is 0 Å². The number of ether oxygens (including phenoxy) is 3. The molecule has 0 aliphatic carbocycles. The molecule has 1 aliphatic rings. The summed E-state index contributed by atoms with van der Waals surface area (Å²) in [7, 11) is 0. The molecule has 0 aromatic heterocycles. The normalized spacial score (nSPS) is 14.1. The quantitative estimate of drug-likeness (QED) is 0.247. The third kappa shape index (κ3) is 5.18. The Morgan fingerprint density at radius 1 is 1.12 bits per heavy atom. The van der Waals surface area contributed by atoms with Gasteiger partial charge in [-0.2, -0.15) is 0 Å². The van der Waals surface area contributed by atoms with E-state index in [9.17, 15) is 14.0 Å². The topological polar surface area (TPSA) is 74.2 Å². The summed E-state index contributed by atoms with van der Waals surface area (Å²) in [6, 6.07) is 17.4. The number of benzene rings is 3. The van der Waals surface area contributed by atoms with Gasteiger partial charge in [0, 0.05) is 5.56 Å². The van der Waals surface area contributed by atoms with Crippen molar-refractivity contribution in [2.75, 3.05) is 6.61 Å². The molecule has 0 N–H and O–H groups in total. The zero-order valence-corrected chi connectivity index (χ0v) is 19.0. The lowest BCUT2D eigenvalue weighted by Gasteiger charge is -2.13. The molecular weight excluding hydrogens is 493 g/mol. The molecule has 33 heavy (non-hydrogen) atoms. The second-order valence-electron chi connectivity index (χ2n) is 6.86. The third-order valence-corrected chi connectivity index (χ3v) is 5.14. The third-order valence-electron chi connectivity index (χ3n) is 4.55. The number of esters is 2. The van der Waals surface area contributed by atoms with Crippen LogP contribution in [-0.2, 0) is 9.53 Å². The maximum atomic E-state index is 13.2. The van der Waals surface area contributed by atoms with Gasteiger partial charge in [-0.3, -0.25) is 0 Å². The van der Waals surface area contributed by atoms with Gasteiger partial charge in [0.15, 0.2) is 17.2 Å². The van der Waals surface area contributed by atoms with Crippen LogP contribution in [0.25, 0.3) is 6.08 Å². The largest absolute Gasteiger partial charge is 0.490 e. The SMILES string of the molecule is CCOc1cc(/C=C2\N=C(c3ccc(F)cc3)OC2=O)cc(Br)c1OC(=O)c1ccccc1. The average molecular weight is 510 g/mol. The molecule has 0 spiro atoms. The van der Waals surface area contributed by atoms with Crippen molar-refractivity contribution >= 4 is 39.8 Å². The van der Waals surface area contributed by atoms with Gasteiger partial charge in [-0.15, -0.1) is 0 Å². The molecule has 1 heterocycles. The second kappa shape index (κ2) is 9.79. The summed E-state index contributed by atoms with van der Waals surface area (Å²) in [4.78, 5) is 29.0. The van der Waals surface area contributed by atoms with Gasteiger partial charge in [-0.1, -0.05) is 18.2 Å².